The molecule has 0 saturated carbocycles. The Labute approximate surface area is 130 Å². The van der Waals surface area contributed by atoms with Gasteiger partial charge >= 0.3 is 6.03 Å². The second-order valence-electron chi connectivity index (χ2n) is 5.21. The van der Waals surface area contributed by atoms with Crippen LogP contribution in [0.25, 0.3) is 0 Å². The number of rotatable bonds is 7. The van der Waals surface area contributed by atoms with Crippen LogP contribution in [0.4, 0.5) is 4.79 Å². The molecular weight excluding hydrogens is 306 g/mol. The van der Waals surface area contributed by atoms with Crippen LogP contribution in [-0.2, 0) is 16.4 Å². The molecule has 2 amide bonds. The van der Waals surface area contributed by atoms with Gasteiger partial charge in [-0.3, -0.25) is 0 Å². The third-order valence-electron chi connectivity index (χ3n) is 3.21. The number of urea groups is 1. The Kier molecular flexibility index (Phi) is 5.62. The van der Waals surface area contributed by atoms with Crippen LogP contribution in [-0.4, -0.2) is 46.4 Å². The first-order chi connectivity index (χ1) is 10.4. The average molecular weight is 327 g/mol. The lowest BCUT2D eigenvalue weighted by Crippen LogP contribution is -2.41. The molecule has 0 aromatic heterocycles. The number of hydrogen-bond acceptors (Lipinski definition) is 4. The number of benzene rings is 1. The van der Waals surface area contributed by atoms with Gasteiger partial charge in [-0.2, -0.15) is 0 Å². The van der Waals surface area contributed by atoms with Gasteiger partial charge in [0.1, 0.15) is 11.9 Å². The molecule has 3 N–H and O–H groups in total. The van der Waals surface area contributed by atoms with Crippen LogP contribution in [0.1, 0.15) is 12.0 Å². The fourth-order valence-electron chi connectivity index (χ4n) is 2.18. The minimum atomic E-state index is -3.17. The molecule has 8 heteroatoms. The van der Waals surface area contributed by atoms with Crippen LogP contribution in [0, 0.1) is 0 Å². The van der Waals surface area contributed by atoms with Crippen LogP contribution in [0.3, 0.4) is 0 Å². The first-order valence-corrected chi connectivity index (χ1v) is 9.04. The summed E-state index contributed by atoms with van der Waals surface area (Å²) in [5.74, 6) is 0.876. The summed E-state index contributed by atoms with van der Waals surface area (Å²) in [5, 5.41) is 5.43. The molecule has 0 spiro atoms. The predicted octanol–water partition coefficient (Wildman–Crippen LogP) is 0.229. The SMILES string of the molecule is CS(=O)(=O)NCCCNC(=O)NC[C@@H]1Cc2ccccc2O1. The summed E-state index contributed by atoms with van der Waals surface area (Å²) in [5.41, 5.74) is 1.15. The summed E-state index contributed by atoms with van der Waals surface area (Å²) >= 11 is 0. The largest absolute Gasteiger partial charge is 0.488 e. The molecule has 0 radical (unpaired) electrons. The summed E-state index contributed by atoms with van der Waals surface area (Å²) in [6.07, 6.45) is 2.38. The van der Waals surface area contributed by atoms with Crippen molar-refractivity contribution in [3.8, 4) is 5.75 Å². The number of carbonyl (C=O) groups excluding carboxylic acids is 1. The highest BCUT2D eigenvalue weighted by Gasteiger charge is 2.22. The van der Waals surface area contributed by atoms with Gasteiger partial charge in [-0.05, 0) is 18.1 Å². The molecule has 0 aliphatic carbocycles. The van der Waals surface area contributed by atoms with Crippen LogP contribution in [0.5, 0.6) is 5.75 Å². The number of hydrogen-bond donors (Lipinski definition) is 3. The summed E-state index contributed by atoms with van der Waals surface area (Å²) in [6, 6.07) is 7.55. The van der Waals surface area contributed by atoms with Crippen LogP contribution in [0.15, 0.2) is 24.3 Å². The van der Waals surface area contributed by atoms with Crippen molar-refractivity contribution >= 4 is 16.1 Å². The van der Waals surface area contributed by atoms with Crippen LogP contribution < -0.4 is 20.1 Å². The number of sulfonamides is 1. The summed E-state index contributed by atoms with van der Waals surface area (Å²) in [7, 11) is -3.17. The second kappa shape index (κ2) is 7.46. The predicted molar refractivity (Wildman–Crippen MR) is 83.4 cm³/mol. The van der Waals surface area contributed by atoms with Crippen molar-refractivity contribution in [3.63, 3.8) is 0 Å². The Hall–Kier alpha value is -1.80. The molecule has 7 nitrogen and oxygen atoms in total. The molecule has 1 atom stereocenters. The normalized spacial score (nSPS) is 16.7. The molecule has 0 bridgehead atoms. The van der Waals surface area contributed by atoms with E-state index in [0.29, 0.717) is 26.1 Å². The minimum Gasteiger partial charge on any atom is -0.488 e. The lowest BCUT2D eigenvalue weighted by Gasteiger charge is -2.12. The molecule has 1 aromatic carbocycles. The van der Waals surface area contributed by atoms with Gasteiger partial charge in [-0.15, -0.1) is 0 Å². The van der Waals surface area contributed by atoms with E-state index in [1.807, 2.05) is 24.3 Å². The fraction of sp³-hybridized carbons (Fsp3) is 0.500. The molecule has 0 unspecified atom stereocenters. The van der Waals surface area contributed by atoms with Gasteiger partial charge in [0.2, 0.25) is 10.0 Å². The zero-order valence-corrected chi connectivity index (χ0v) is 13.3. The van der Waals surface area contributed by atoms with E-state index in [9.17, 15) is 13.2 Å². The first-order valence-electron chi connectivity index (χ1n) is 7.15. The molecular formula is C14H21N3O4S. The molecule has 2 rings (SSSR count). The topological polar surface area (TPSA) is 96.5 Å². The zero-order chi connectivity index (χ0) is 16.0. The monoisotopic (exact) mass is 327 g/mol. The van der Waals surface area contributed by atoms with E-state index in [0.717, 1.165) is 24.0 Å². The van der Waals surface area contributed by atoms with Gasteiger partial charge in [0.15, 0.2) is 0 Å². The molecule has 122 valence electrons. The number of ether oxygens (including phenoxy) is 1. The van der Waals surface area contributed by atoms with Gasteiger partial charge in [0, 0.05) is 19.5 Å². The number of carbonyl (C=O) groups is 1. The smallest absolute Gasteiger partial charge is 0.314 e. The Morgan fingerprint density at radius 1 is 1.27 bits per heavy atom. The average Bonchev–Trinajstić information content (AvgIpc) is 2.86. The van der Waals surface area contributed by atoms with Crippen molar-refractivity contribution < 1.29 is 17.9 Å². The van der Waals surface area contributed by atoms with Crippen molar-refractivity contribution in [2.75, 3.05) is 25.9 Å². The van der Waals surface area contributed by atoms with Gasteiger partial charge in [0.25, 0.3) is 0 Å². The Morgan fingerprint density at radius 3 is 2.77 bits per heavy atom. The third-order valence-corrected chi connectivity index (χ3v) is 3.94. The van der Waals surface area contributed by atoms with Gasteiger partial charge in [0.05, 0.1) is 12.8 Å². The van der Waals surface area contributed by atoms with E-state index in [1.165, 1.54) is 0 Å². The van der Waals surface area contributed by atoms with Crippen molar-refractivity contribution in [2.24, 2.45) is 0 Å². The highest BCUT2D eigenvalue weighted by atomic mass is 32.2. The van der Waals surface area contributed by atoms with Gasteiger partial charge in [-0.25, -0.2) is 17.9 Å². The number of para-hydroxylation sites is 1. The Bertz CT molecular complexity index is 593. The molecule has 1 heterocycles. The van der Waals surface area contributed by atoms with Gasteiger partial charge in [-0.1, -0.05) is 18.2 Å². The standard InChI is InChI=1S/C14H21N3O4S/c1-22(19,20)17-8-4-7-15-14(18)16-10-12-9-11-5-2-3-6-13(11)21-12/h2-3,5-6,12,17H,4,7-10H2,1H3,(H2,15,16,18)/t12-/m0/s1. The maximum absolute atomic E-state index is 11.6. The van der Waals surface area contributed by atoms with Crippen molar-refractivity contribution in [1.82, 2.24) is 15.4 Å². The summed E-state index contributed by atoms with van der Waals surface area (Å²) in [4.78, 5) is 11.6. The highest BCUT2D eigenvalue weighted by Crippen LogP contribution is 2.27. The van der Waals surface area contributed by atoms with Crippen LogP contribution in [0.2, 0.25) is 0 Å². The summed E-state index contributed by atoms with van der Waals surface area (Å²) < 4.78 is 29.8. The molecule has 0 fully saturated rings. The van der Waals surface area contributed by atoms with Crippen LogP contribution >= 0.6 is 0 Å². The maximum Gasteiger partial charge on any atom is 0.314 e. The van der Waals surface area contributed by atoms with Crippen molar-refractivity contribution in [2.45, 2.75) is 18.9 Å². The molecule has 0 saturated heterocycles. The second-order valence-corrected chi connectivity index (χ2v) is 7.04. The van der Waals surface area contributed by atoms with Crippen molar-refractivity contribution in [3.05, 3.63) is 29.8 Å². The van der Waals surface area contributed by atoms with Gasteiger partial charge < -0.3 is 15.4 Å². The molecule has 22 heavy (non-hydrogen) atoms. The molecule has 1 aromatic rings. The van der Waals surface area contributed by atoms with E-state index < -0.39 is 10.0 Å². The Morgan fingerprint density at radius 2 is 2.05 bits per heavy atom. The van der Waals surface area contributed by atoms with Crippen molar-refractivity contribution in [1.29, 1.82) is 0 Å². The summed E-state index contributed by atoms with van der Waals surface area (Å²) in [6.45, 7) is 1.14. The maximum atomic E-state index is 11.6. The van der Waals surface area contributed by atoms with E-state index in [-0.39, 0.29) is 12.1 Å². The Balaban J connectivity index is 1.57. The number of nitrogens with one attached hydrogen (secondary N) is 3. The molecule has 1 aliphatic rings. The van der Waals surface area contributed by atoms with E-state index in [1.54, 1.807) is 0 Å². The zero-order valence-electron chi connectivity index (χ0n) is 12.5. The van der Waals surface area contributed by atoms with E-state index >= 15 is 0 Å². The molecule has 1 aliphatic heterocycles. The lowest BCUT2D eigenvalue weighted by atomic mass is 10.1. The van der Waals surface area contributed by atoms with E-state index in [4.69, 9.17) is 4.74 Å². The number of fused-ring (bicyclic) bond motifs is 1. The third kappa shape index (κ3) is 5.53. The lowest BCUT2D eigenvalue weighted by molar-refractivity contribution is 0.214. The minimum absolute atomic E-state index is 0.0462. The fourth-order valence-corrected chi connectivity index (χ4v) is 2.70. The van der Waals surface area contributed by atoms with E-state index in [2.05, 4.69) is 15.4 Å². The number of amides is 2. The highest BCUT2D eigenvalue weighted by molar-refractivity contribution is 7.88. The quantitative estimate of drug-likeness (QED) is 0.625. The first kappa shape index (κ1) is 16.6.